The molecule has 1 amide bonds. The number of carbonyl (C=O) groups is 1. The molecule has 0 spiro atoms. The van der Waals surface area contributed by atoms with Crippen molar-refractivity contribution in [3.63, 3.8) is 0 Å². The van der Waals surface area contributed by atoms with Crippen molar-refractivity contribution in [3.05, 3.63) is 17.5 Å². The molecule has 108 valence electrons. The molecule has 0 aliphatic heterocycles. The summed E-state index contributed by atoms with van der Waals surface area (Å²) in [6, 6.07) is 1.78. The summed E-state index contributed by atoms with van der Waals surface area (Å²) >= 11 is 0. The average Bonchev–Trinajstić information content (AvgIpc) is 2.73. The molecule has 1 unspecified atom stereocenters. The fourth-order valence-corrected chi connectivity index (χ4v) is 2.03. The maximum Gasteiger partial charge on any atom is 0.271 e. The standard InChI is InChI=1S/C14H25N3O2/c1-9(2)11-6-12(17-16-11)13(19)15-8-14(4,5)7-10(3)18/h6,9-10,18H,7-8H2,1-5H3,(H,15,19)(H,16,17). The van der Waals surface area contributed by atoms with Crippen molar-refractivity contribution >= 4 is 5.91 Å². The monoisotopic (exact) mass is 267 g/mol. The normalized spacial score (nSPS) is 13.6. The zero-order valence-electron chi connectivity index (χ0n) is 12.4. The van der Waals surface area contributed by atoms with Crippen molar-refractivity contribution < 1.29 is 9.90 Å². The Labute approximate surface area is 114 Å². The van der Waals surface area contributed by atoms with Crippen LogP contribution in [0.15, 0.2) is 6.07 Å². The van der Waals surface area contributed by atoms with Gasteiger partial charge >= 0.3 is 0 Å². The SMILES string of the molecule is CC(O)CC(C)(C)CNC(=O)c1cc(C(C)C)[nH]n1. The van der Waals surface area contributed by atoms with Gasteiger partial charge in [0.1, 0.15) is 5.69 Å². The second-order valence-corrected chi connectivity index (χ2v) is 6.26. The van der Waals surface area contributed by atoms with Crippen molar-refractivity contribution in [1.29, 1.82) is 0 Å². The van der Waals surface area contributed by atoms with E-state index in [9.17, 15) is 9.90 Å². The Morgan fingerprint density at radius 1 is 1.47 bits per heavy atom. The van der Waals surface area contributed by atoms with Gasteiger partial charge in [-0.15, -0.1) is 0 Å². The summed E-state index contributed by atoms with van der Waals surface area (Å²) in [5.41, 5.74) is 1.23. The smallest absolute Gasteiger partial charge is 0.271 e. The van der Waals surface area contributed by atoms with E-state index in [0.717, 1.165) is 5.69 Å². The van der Waals surface area contributed by atoms with Crippen LogP contribution in [0.3, 0.4) is 0 Å². The Morgan fingerprint density at radius 3 is 2.58 bits per heavy atom. The molecule has 0 saturated heterocycles. The van der Waals surface area contributed by atoms with Crippen LogP contribution in [-0.4, -0.2) is 33.9 Å². The molecule has 0 radical (unpaired) electrons. The highest BCUT2D eigenvalue weighted by atomic mass is 16.3. The van der Waals surface area contributed by atoms with Gasteiger partial charge in [-0.05, 0) is 30.7 Å². The number of aromatic amines is 1. The van der Waals surface area contributed by atoms with Gasteiger partial charge in [-0.25, -0.2) is 0 Å². The molecule has 1 aromatic heterocycles. The predicted octanol–water partition coefficient (Wildman–Crippen LogP) is 2.06. The lowest BCUT2D eigenvalue weighted by Gasteiger charge is -2.26. The summed E-state index contributed by atoms with van der Waals surface area (Å²) in [7, 11) is 0. The van der Waals surface area contributed by atoms with E-state index in [0.29, 0.717) is 24.6 Å². The van der Waals surface area contributed by atoms with Gasteiger partial charge in [-0.3, -0.25) is 9.89 Å². The Morgan fingerprint density at radius 2 is 2.11 bits per heavy atom. The fourth-order valence-electron chi connectivity index (χ4n) is 2.03. The van der Waals surface area contributed by atoms with Crippen LogP contribution in [0.4, 0.5) is 0 Å². The Balaban J connectivity index is 2.55. The van der Waals surface area contributed by atoms with Gasteiger partial charge in [0.25, 0.3) is 5.91 Å². The van der Waals surface area contributed by atoms with Crippen molar-refractivity contribution in [2.24, 2.45) is 5.41 Å². The second kappa shape index (κ2) is 6.19. The van der Waals surface area contributed by atoms with Gasteiger partial charge in [-0.2, -0.15) is 5.10 Å². The summed E-state index contributed by atoms with van der Waals surface area (Å²) in [5.74, 6) is 0.141. The molecule has 5 heteroatoms. The number of aliphatic hydroxyl groups excluding tert-OH is 1. The number of nitrogens with one attached hydrogen (secondary N) is 2. The quantitative estimate of drug-likeness (QED) is 0.738. The van der Waals surface area contributed by atoms with Crippen LogP contribution in [0, 0.1) is 5.41 Å². The van der Waals surface area contributed by atoms with Gasteiger partial charge in [-0.1, -0.05) is 27.7 Å². The van der Waals surface area contributed by atoms with E-state index in [-0.39, 0.29) is 17.4 Å². The van der Waals surface area contributed by atoms with E-state index in [4.69, 9.17) is 0 Å². The number of hydrogen-bond donors (Lipinski definition) is 3. The van der Waals surface area contributed by atoms with Crippen molar-refractivity contribution in [3.8, 4) is 0 Å². The van der Waals surface area contributed by atoms with Gasteiger partial charge in [0.2, 0.25) is 0 Å². The predicted molar refractivity (Wildman–Crippen MR) is 75.1 cm³/mol. The molecule has 1 heterocycles. The third kappa shape index (κ3) is 5.03. The molecule has 19 heavy (non-hydrogen) atoms. The summed E-state index contributed by atoms with van der Waals surface area (Å²) in [4.78, 5) is 12.0. The van der Waals surface area contributed by atoms with E-state index >= 15 is 0 Å². The minimum Gasteiger partial charge on any atom is -0.393 e. The molecule has 0 aliphatic carbocycles. The molecule has 3 N–H and O–H groups in total. The third-order valence-electron chi connectivity index (χ3n) is 3.03. The minimum atomic E-state index is -0.371. The molecule has 0 aliphatic rings. The molecule has 0 fully saturated rings. The molecular weight excluding hydrogens is 242 g/mol. The third-order valence-corrected chi connectivity index (χ3v) is 3.03. The number of nitrogens with zero attached hydrogens (tertiary/aromatic N) is 1. The fraction of sp³-hybridized carbons (Fsp3) is 0.714. The lowest BCUT2D eigenvalue weighted by Crippen LogP contribution is -2.35. The molecule has 1 rings (SSSR count). The van der Waals surface area contributed by atoms with Gasteiger partial charge in [0, 0.05) is 12.2 Å². The van der Waals surface area contributed by atoms with Gasteiger partial charge < -0.3 is 10.4 Å². The summed E-state index contributed by atoms with van der Waals surface area (Å²) < 4.78 is 0. The largest absolute Gasteiger partial charge is 0.393 e. The minimum absolute atomic E-state index is 0.138. The second-order valence-electron chi connectivity index (χ2n) is 6.26. The van der Waals surface area contributed by atoms with Crippen LogP contribution in [0.25, 0.3) is 0 Å². The first-order valence-corrected chi connectivity index (χ1v) is 6.73. The van der Waals surface area contributed by atoms with Crippen LogP contribution in [0.1, 0.15) is 63.1 Å². The molecule has 5 nitrogen and oxygen atoms in total. The molecule has 1 aromatic rings. The van der Waals surface area contributed by atoms with Crippen LogP contribution in [0.5, 0.6) is 0 Å². The zero-order chi connectivity index (χ0) is 14.6. The Hall–Kier alpha value is -1.36. The number of amides is 1. The summed E-state index contributed by atoms with van der Waals surface area (Å²) in [5, 5.41) is 19.1. The highest BCUT2D eigenvalue weighted by Gasteiger charge is 2.22. The van der Waals surface area contributed by atoms with Crippen molar-refractivity contribution in [2.45, 2.75) is 53.1 Å². The summed E-state index contributed by atoms with van der Waals surface area (Å²) in [6.07, 6.45) is 0.273. The number of rotatable bonds is 6. The molecular formula is C14H25N3O2. The van der Waals surface area contributed by atoms with Gasteiger partial charge in [0.05, 0.1) is 6.10 Å². The first-order valence-electron chi connectivity index (χ1n) is 6.73. The average molecular weight is 267 g/mol. The van der Waals surface area contributed by atoms with Crippen molar-refractivity contribution in [2.75, 3.05) is 6.54 Å². The topological polar surface area (TPSA) is 78.0 Å². The van der Waals surface area contributed by atoms with E-state index in [1.165, 1.54) is 0 Å². The molecule has 0 bridgehead atoms. The number of hydrogen-bond acceptors (Lipinski definition) is 3. The van der Waals surface area contributed by atoms with Gasteiger partial charge in [0.15, 0.2) is 0 Å². The van der Waals surface area contributed by atoms with Crippen LogP contribution >= 0.6 is 0 Å². The van der Waals surface area contributed by atoms with Crippen LogP contribution < -0.4 is 5.32 Å². The number of H-pyrrole nitrogens is 1. The lowest BCUT2D eigenvalue weighted by atomic mass is 9.87. The number of aromatic nitrogens is 2. The zero-order valence-corrected chi connectivity index (χ0v) is 12.4. The molecule has 0 saturated carbocycles. The van der Waals surface area contributed by atoms with Crippen molar-refractivity contribution in [1.82, 2.24) is 15.5 Å². The van der Waals surface area contributed by atoms with E-state index in [2.05, 4.69) is 15.5 Å². The highest BCUT2D eigenvalue weighted by Crippen LogP contribution is 2.21. The van der Waals surface area contributed by atoms with Crippen LogP contribution in [-0.2, 0) is 0 Å². The summed E-state index contributed by atoms with van der Waals surface area (Å²) in [6.45, 7) is 10.4. The first kappa shape index (κ1) is 15.7. The van der Waals surface area contributed by atoms with E-state index in [1.807, 2.05) is 27.7 Å². The van der Waals surface area contributed by atoms with E-state index in [1.54, 1.807) is 13.0 Å². The lowest BCUT2D eigenvalue weighted by molar-refractivity contribution is 0.0897. The van der Waals surface area contributed by atoms with Crippen LogP contribution in [0.2, 0.25) is 0 Å². The Bertz CT molecular complexity index is 422. The maximum absolute atomic E-state index is 12.0. The maximum atomic E-state index is 12.0. The molecule has 1 atom stereocenters. The molecule has 0 aromatic carbocycles. The number of carbonyl (C=O) groups excluding carboxylic acids is 1. The number of aliphatic hydroxyl groups is 1. The van der Waals surface area contributed by atoms with E-state index < -0.39 is 0 Å². The first-order chi connectivity index (χ1) is 8.71. The Kier molecular flexibility index (Phi) is 5.11. The highest BCUT2D eigenvalue weighted by molar-refractivity contribution is 5.92.